The van der Waals surface area contributed by atoms with Crippen molar-refractivity contribution in [1.82, 2.24) is 0 Å². The molecule has 0 heterocycles. The van der Waals surface area contributed by atoms with Gasteiger partial charge in [0.05, 0.1) is 17.2 Å². The number of aromatic carboxylic acids is 1. The van der Waals surface area contributed by atoms with E-state index >= 15 is 0 Å². The average Bonchev–Trinajstić information content (AvgIpc) is 2.49. The van der Waals surface area contributed by atoms with Crippen LogP contribution in [0.25, 0.3) is 0 Å². The number of nitriles is 1. The van der Waals surface area contributed by atoms with Crippen LogP contribution in [0.2, 0.25) is 0 Å². The molecule has 2 rings (SSSR count). The minimum Gasteiger partial charge on any atom is -0.478 e. The second-order valence-electron chi connectivity index (χ2n) is 4.75. The number of carboxylic acid groups (broad SMARTS) is 1. The molecule has 3 N–H and O–H groups in total. The first-order valence-electron chi connectivity index (χ1n) is 6.31. The number of benzene rings is 2. The van der Waals surface area contributed by atoms with Crippen LogP contribution in [-0.2, 0) is 0 Å². The number of carbonyl (C=O) groups is 1. The molecule has 5 nitrogen and oxygen atoms in total. The Morgan fingerprint density at radius 3 is 2.38 bits per heavy atom. The Hall–Kier alpha value is -3.00. The molecule has 106 valence electrons. The van der Waals surface area contributed by atoms with E-state index in [9.17, 15) is 9.90 Å². The molecule has 0 amide bonds. The van der Waals surface area contributed by atoms with Gasteiger partial charge in [0.15, 0.2) is 0 Å². The number of nitrogens with two attached hydrogens (primary N) is 1. The van der Waals surface area contributed by atoms with Gasteiger partial charge >= 0.3 is 5.97 Å². The van der Waals surface area contributed by atoms with Crippen LogP contribution in [0.15, 0.2) is 36.4 Å². The highest BCUT2D eigenvalue weighted by molar-refractivity contribution is 5.96. The van der Waals surface area contributed by atoms with Crippen molar-refractivity contribution in [1.29, 1.82) is 5.26 Å². The highest BCUT2D eigenvalue weighted by Gasteiger charge is 2.14. The van der Waals surface area contributed by atoms with Gasteiger partial charge in [0, 0.05) is 24.1 Å². The Morgan fingerprint density at radius 2 is 1.86 bits per heavy atom. The SMILES string of the molecule is Cc1cc(N(C)c2ccc(C#N)cc2)cc(C(=O)O)c1N. The lowest BCUT2D eigenvalue weighted by Gasteiger charge is -2.21. The summed E-state index contributed by atoms with van der Waals surface area (Å²) < 4.78 is 0. The standard InChI is InChI=1S/C16H15N3O2/c1-10-7-13(8-14(15(10)18)16(20)21)19(2)12-5-3-11(9-17)4-6-12/h3-8H,18H2,1-2H3,(H,20,21). The van der Waals surface area contributed by atoms with Gasteiger partial charge in [-0.2, -0.15) is 5.26 Å². The fourth-order valence-corrected chi connectivity index (χ4v) is 2.06. The van der Waals surface area contributed by atoms with E-state index in [1.54, 1.807) is 25.1 Å². The molecular formula is C16H15N3O2. The molecule has 0 saturated heterocycles. The molecule has 0 bridgehead atoms. The first kappa shape index (κ1) is 14.4. The molecule has 21 heavy (non-hydrogen) atoms. The van der Waals surface area contributed by atoms with Crippen molar-refractivity contribution >= 4 is 23.0 Å². The number of nitrogen functional groups attached to an aromatic ring is 1. The summed E-state index contributed by atoms with van der Waals surface area (Å²) in [7, 11) is 1.83. The van der Waals surface area contributed by atoms with Gasteiger partial charge in [-0.05, 0) is 48.9 Å². The minimum atomic E-state index is -1.05. The van der Waals surface area contributed by atoms with Crippen molar-refractivity contribution < 1.29 is 9.90 Å². The number of nitrogens with zero attached hydrogens (tertiary/aromatic N) is 2. The molecular weight excluding hydrogens is 266 g/mol. The maximum Gasteiger partial charge on any atom is 0.337 e. The number of aryl methyl sites for hydroxylation is 1. The molecule has 0 aliphatic rings. The summed E-state index contributed by atoms with van der Waals surface area (Å²) in [6, 6.07) is 12.5. The molecule has 5 heteroatoms. The zero-order valence-corrected chi connectivity index (χ0v) is 11.8. The molecule has 0 radical (unpaired) electrons. The summed E-state index contributed by atoms with van der Waals surface area (Å²) in [5.74, 6) is -1.05. The summed E-state index contributed by atoms with van der Waals surface area (Å²) in [4.78, 5) is 13.1. The summed E-state index contributed by atoms with van der Waals surface area (Å²) >= 11 is 0. The predicted molar refractivity (Wildman–Crippen MR) is 81.8 cm³/mol. The van der Waals surface area contributed by atoms with Crippen LogP contribution in [0.3, 0.4) is 0 Å². The fourth-order valence-electron chi connectivity index (χ4n) is 2.06. The molecule has 0 aliphatic carbocycles. The molecule has 0 fully saturated rings. The lowest BCUT2D eigenvalue weighted by molar-refractivity contribution is 0.0698. The number of hydrogen-bond donors (Lipinski definition) is 2. The van der Waals surface area contributed by atoms with E-state index in [0.717, 1.165) is 11.4 Å². The highest BCUT2D eigenvalue weighted by atomic mass is 16.4. The van der Waals surface area contributed by atoms with Crippen LogP contribution >= 0.6 is 0 Å². The summed E-state index contributed by atoms with van der Waals surface area (Å²) in [5, 5.41) is 18.0. The van der Waals surface area contributed by atoms with Gasteiger partial charge in [-0.3, -0.25) is 0 Å². The monoisotopic (exact) mass is 281 g/mol. The summed E-state index contributed by atoms with van der Waals surface area (Å²) in [6.45, 7) is 1.78. The van der Waals surface area contributed by atoms with Gasteiger partial charge in [-0.25, -0.2) is 4.79 Å². The van der Waals surface area contributed by atoms with E-state index in [4.69, 9.17) is 11.0 Å². The molecule has 0 aromatic heterocycles. The lowest BCUT2D eigenvalue weighted by atomic mass is 10.1. The first-order chi connectivity index (χ1) is 9.93. The third kappa shape index (κ3) is 2.79. The Kier molecular flexibility index (Phi) is 3.81. The van der Waals surface area contributed by atoms with Crippen LogP contribution in [0.1, 0.15) is 21.5 Å². The average molecular weight is 281 g/mol. The minimum absolute atomic E-state index is 0.0884. The van der Waals surface area contributed by atoms with E-state index in [1.807, 2.05) is 30.1 Å². The number of rotatable bonds is 3. The van der Waals surface area contributed by atoms with Crippen LogP contribution in [-0.4, -0.2) is 18.1 Å². The van der Waals surface area contributed by atoms with Gasteiger partial charge in [-0.1, -0.05) is 0 Å². The zero-order chi connectivity index (χ0) is 15.6. The molecule has 2 aromatic carbocycles. The Morgan fingerprint density at radius 1 is 1.24 bits per heavy atom. The molecule has 2 aromatic rings. The van der Waals surface area contributed by atoms with Crippen molar-refractivity contribution in [2.45, 2.75) is 6.92 Å². The van der Waals surface area contributed by atoms with Gasteiger partial charge in [-0.15, -0.1) is 0 Å². The molecule has 0 unspecified atom stereocenters. The predicted octanol–water partition coefficient (Wildman–Crippen LogP) is 2.92. The maximum absolute atomic E-state index is 11.2. The topological polar surface area (TPSA) is 90.3 Å². The van der Waals surface area contributed by atoms with Gasteiger partial charge in [0.25, 0.3) is 0 Å². The fraction of sp³-hybridized carbons (Fsp3) is 0.125. The number of anilines is 3. The molecule has 0 atom stereocenters. The third-order valence-electron chi connectivity index (χ3n) is 3.37. The smallest absolute Gasteiger partial charge is 0.337 e. The zero-order valence-electron chi connectivity index (χ0n) is 11.8. The van der Waals surface area contributed by atoms with Crippen LogP contribution in [0, 0.1) is 18.3 Å². The third-order valence-corrected chi connectivity index (χ3v) is 3.37. The molecule has 0 aliphatic heterocycles. The second kappa shape index (κ2) is 5.55. The lowest BCUT2D eigenvalue weighted by Crippen LogP contribution is -2.12. The largest absolute Gasteiger partial charge is 0.478 e. The van der Waals surface area contributed by atoms with Crippen LogP contribution < -0.4 is 10.6 Å². The van der Waals surface area contributed by atoms with Gasteiger partial charge in [0.2, 0.25) is 0 Å². The van der Waals surface area contributed by atoms with Crippen LogP contribution in [0.5, 0.6) is 0 Å². The normalized spacial score (nSPS) is 9.95. The first-order valence-corrected chi connectivity index (χ1v) is 6.31. The number of carboxylic acids is 1. The second-order valence-corrected chi connectivity index (χ2v) is 4.75. The Labute approximate surface area is 122 Å². The summed E-state index contributed by atoms with van der Waals surface area (Å²) in [6.07, 6.45) is 0. The molecule has 0 spiro atoms. The summed E-state index contributed by atoms with van der Waals surface area (Å²) in [5.41, 5.74) is 9.03. The van der Waals surface area contributed by atoms with E-state index in [2.05, 4.69) is 6.07 Å². The van der Waals surface area contributed by atoms with Gasteiger partial charge < -0.3 is 15.7 Å². The van der Waals surface area contributed by atoms with E-state index in [0.29, 0.717) is 11.1 Å². The Bertz CT molecular complexity index is 730. The van der Waals surface area contributed by atoms with E-state index in [-0.39, 0.29) is 11.3 Å². The van der Waals surface area contributed by atoms with Crippen molar-refractivity contribution in [3.05, 3.63) is 53.1 Å². The van der Waals surface area contributed by atoms with E-state index < -0.39 is 5.97 Å². The Balaban J connectivity index is 2.45. The van der Waals surface area contributed by atoms with Gasteiger partial charge in [0.1, 0.15) is 0 Å². The van der Waals surface area contributed by atoms with Crippen molar-refractivity contribution in [3.8, 4) is 6.07 Å². The van der Waals surface area contributed by atoms with Crippen molar-refractivity contribution in [2.75, 3.05) is 17.7 Å². The van der Waals surface area contributed by atoms with E-state index in [1.165, 1.54) is 0 Å². The highest BCUT2D eigenvalue weighted by Crippen LogP contribution is 2.29. The molecule has 0 saturated carbocycles. The van der Waals surface area contributed by atoms with Crippen molar-refractivity contribution in [3.63, 3.8) is 0 Å². The maximum atomic E-state index is 11.2. The van der Waals surface area contributed by atoms with Crippen LogP contribution in [0.4, 0.5) is 17.1 Å². The quantitative estimate of drug-likeness (QED) is 0.844. The van der Waals surface area contributed by atoms with Crippen molar-refractivity contribution in [2.24, 2.45) is 0 Å². The number of hydrogen-bond acceptors (Lipinski definition) is 4.